The number of nitrogens with one attached hydrogen (secondary N) is 1. The van der Waals surface area contributed by atoms with Crippen molar-refractivity contribution in [2.75, 3.05) is 18.2 Å². The van der Waals surface area contributed by atoms with Gasteiger partial charge in [0, 0.05) is 12.7 Å². The summed E-state index contributed by atoms with van der Waals surface area (Å²) in [7, 11) is -3.21. The van der Waals surface area contributed by atoms with Gasteiger partial charge in [0.1, 0.15) is 5.75 Å². The molecule has 0 radical (unpaired) electrons. The molecule has 2 aromatic rings. The molecule has 1 aromatic heterocycles. The van der Waals surface area contributed by atoms with Gasteiger partial charge in [0.2, 0.25) is 5.91 Å². The number of hydrogen-bond donors (Lipinski definition) is 1. The number of carbonyl (C=O) groups is 1. The lowest BCUT2D eigenvalue weighted by atomic mass is 10.3. The van der Waals surface area contributed by atoms with E-state index in [1.54, 1.807) is 19.1 Å². The Labute approximate surface area is 133 Å². The standard InChI is InChI=1S/C14H17N3O5S/c1-10-15-14(22-17-10)16-13(18)4-3-9-21-11-5-7-12(8-6-11)23(2,19)20/h5-8H,3-4,9H2,1-2H3,(H,15,16,17,18). The molecule has 0 fully saturated rings. The summed E-state index contributed by atoms with van der Waals surface area (Å²) in [6.07, 6.45) is 1.88. The van der Waals surface area contributed by atoms with Crippen LogP contribution in [0.25, 0.3) is 0 Å². The Morgan fingerprint density at radius 2 is 2.00 bits per heavy atom. The van der Waals surface area contributed by atoms with E-state index in [9.17, 15) is 13.2 Å². The quantitative estimate of drug-likeness (QED) is 0.762. The second kappa shape index (κ2) is 7.23. The minimum Gasteiger partial charge on any atom is -0.494 e. The second-order valence-corrected chi connectivity index (χ2v) is 6.91. The lowest BCUT2D eigenvalue weighted by molar-refractivity contribution is -0.116. The van der Waals surface area contributed by atoms with Gasteiger partial charge in [-0.15, -0.1) is 0 Å². The van der Waals surface area contributed by atoms with Gasteiger partial charge in [0.15, 0.2) is 15.7 Å². The Hall–Kier alpha value is -2.42. The molecular formula is C14H17N3O5S. The first kappa shape index (κ1) is 16.9. The van der Waals surface area contributed by atoms with Crippen LogP contribution in [0.2, 0.25) is 0 Å². The molecule has 124 valence electrons. The van der Waals surface area contributed by atoms with E-state index in [0.717, 1.165) is 6.26 Å². The van der Waals surface area contributed by atoms with Crippen LogP contribution in [-0.4, -0.2) is 37.3 Å². The summed E-state index contributed by atoms with van der Waals surface area (Å²) < 4.78 is 32.9. The van der Waals surface area contributed by atoms with E-state index in [1.165, 1.54) is 12.1 Å². The molecule has 1 N–H and O–H groups in total. The van der Waals surface area contributed by atoms with E-state index >= 15 is 0 Å². The number of benzene rings is 1. The summed E-state index contributed by atoms with van der Waals surface area (Å²) in [4.78, 5) is 15.7. The van der Waals surface area contributed by atoms with Crippen molar-refractivity contribution >= 4 is 21.8 Å². The highest BCUT2D eigenvalue weighted by molar-refractivity contribution is 7.90. The first-order valence-corrected chi connectivity index (χ1v) is 8.77. The van der Waals surface area contributed by atoms with Crippen LogP contribution in [0, 0.1) is 6.92 Å². The lowest BCUT2D eigenvalue weighted by Crippen LogP contribution is -2.13. The van der Waals surface area contributed by atoms with E-state index in [4.69, 9.17) is 9.26 Å². The monoisotopic (exact) mass is 339 g/mol. The number of aryl methyl sites for hydroxylation is 1. The summed E-state index contributed by atoms with van der Waals surface area (Å²) in [5, 5.41) is 6.05. The van der Waals surface area contributed by atoms with Crippen molar-refractivity contribution in [1.82, 2.24) is 10.1 Å². The van der Waals surface area contributed by atoms with Gasteiger partial charge in [-0.05, 0) is 37.6 Å². The van der Waals surface area contributed by atoms with Gasteiger partial charge in [-0.2, -0.15) is 4.98 Å². The van der Waals surface area contributed by atoms with Crippen molar-refractivity contribution in [3.05, 3.63) is 30.1 Å². The molecule has 0 saturated heterocycles. The van der Waals surface area contributed by atoms with Crippen LogP contribution in [0.15, 0.2) is 33.7 Å². The van der Waals surface area contributed by atoms with Gasteiger partial charge >= 0.3 is 6.01 Å². The molecule has 0 unspecified atom stereocenters. The van der Waals surface area contributed by atoms with Crippen molar-refractivity contribution in [1.29, 1.82) is 0 Å². The third-order valence-corrected chi connectivity index (χ3v) is 3.97. The molecule has 23 heavy (non-hydrogen) atoms. The van der Waals surface area contributed by atoms with Gasteiger partial charge < -0.3 is 9.26 Å². The third kappa shape index (κ3) is 5.37. The molecule has 0 bridgehead atoms. The summed E-state index contributed by atoms with van der Waals surface area (Å²) in [6.45, 7) is 1.98. The minimum absolute atomic E-state index is 0.0739. The number of ether oxygens (including phenoxy) is 1. The molecule has 8 nitrogen and oxygen atoms in total. The van der Waals surface area contributed by atoms with Gasteiger partial charge in [-0.3, -0.25) is 10.1 Å². The molecule has 0 aliphatic carbocycles. The highest BCUT2D eigenvalue weighted by Crippen LogP contribution is 2.16. The normalized spacial score (nSPS) is 11.2. The lowest BCUT2D eigenvalue weighted by Gasteiger charge is -2.06. The number of aromatic nitrogens is 2. The molecule has 0 atom stereocenters. The maximum Gasteiger partial charge on any atom is 0.328 e. The Morgan fingerprint density at radius 3 is 2.57 bits per heavy atom. The van der Waals surface area contributed by atoms with Crippen molar-refractivity contribution in [2.45, 2.75) is 24.7 Å². The summed E-state index contributed by atoms with van der Waals surface area (Å²) in [5.41, 5.74) is 0. The van der Waals surface area contributed by atoms with E-state index in [2.05, 4.69) is 15.5 Å². The molecule has 0 aliphatic rings. The zero-order valence-corrected chi connectivity index (χ0v) is 13.6. The molecular weight excluding hydrogens is 322 g/mol. The first-order chi connectivity index (χ1) is 10.8. The van der Waals surface area contributed by atoms with Gasteiger partial charge in [-0.1, -0.05) is 5.16 Å². The average molecular weight is 339 g/mol. The van der Waals surface area contributed by atoms with E-state index in [1.807, 2.05) is 0 Å². The maximum absolute atomic E-state index is 11.6. The second-order valence-electron chi connectivity index (χ2n) is 4.89. The zero-order chi connectivity index (χ0) is 16.9. The van der Waals surface area contributed by atoms with Crippen molar-refractivity contribution in [3.8, 4) is 5.75 Å². The van der Waals surface area contributed by atoms with E-state index in [-0.39, 0.29) is 23.2 Å². The van der Waals surface area contributed by atoms with Gasteiger partial charge in [0.05, 0.1) is 11.5 Å². The number of carbonyl (C=O) groups excluding carboxylic acids is 1. The van der Waals surface area contributed by atoms with Crippen LogP contribution in [0.5, 0.6) is 5.75 Å². The summed E-state index contributed by atoms with van der Waals surface area (Å²) >= 11 is 0. The highest BCUT2D eigenvalue weighted by atomic mass is 32.2. The molecule has 0 aliphatic heterocycles. The molecule has 1 amide bonds. The minimum atomic E-state index is -3.21. The molecule has 1 heterocycles. The van der Waals surface area contributed by atoms with Crippen molar-refractivity contribution in [3.63, 3.8) is 0 Å². The van der Waals surface area contributed by atoms with Crippen LogP contribution >= 0.6 is 0 Å². The first-order valence-electron chi connectivity index (χ1n) is 6.88. The molecule has 0 saturated carbocycles. The summed E-state index contributed by atoms with van der Waals surface area (Å²) in [6, 6.07) is 6.20. The van der Waals surface area contributed by atoms with Crippen LogP contribution in [0.3, 0.4) is 0 Å². The topological polar surface area (TPSA) is 111 Å². The Bertz CT molecular complexity index is 768. The fourth-order valence-corrected chi connectivity index (χ4v) is 2.37. The fourth-order valence-electron chi connectivity index (χ4n) is 1.74. The number of rotatable bonds is 7. The fraction of sp³-hybridized carbons (Fsp3) is 0.357. The molecule has 9 heteroatoms. The van der Waals surface area contributed by atoms with E-state index < -0.39 is 9.84 Å². The zero-order valence-electron chi connectivity index (χ0n) is 12.8. The molecule has 2 rings (SSSR count). The predicted octanol–water partition coefficient (Wildman–Crippen LogP) is 1.58. The van der Waals surface area contributed by atoms with Crippen LogP contribution in [0.4, 0.5) is 6.01 Å². The third-order valence-electron chi connectivity index (χ3n) is 2.84. The Balaban J connectivity index is 1.72. The smallest absolute Gasteiger partial charge is 0.328 e. The predicted molar refractivity (Wildman–Crippen MR) is 81.9 cm³/mol. The SMILES string of the molecule is Cc1noc(NC(=O)CCCOc2ccc(S(C)(=O)=O)cc2)n1. The van der Waals surface area contributed by atoms with Crippen molar-refractivity contribution < 1.29 is 22.5 Å². The number of amides is 1. The van der Waals surface area contributed by atoms with Gasteiger partial charge in [0.25, 0.3) is 0 Å². The number of sulfone groups is 1. The summed E-state index contributed by atoms with van der Waals surface area (Å²) in [5.74, 6) is 0.746. The Kier molecular flexibility index (Phi) is 5.32. The molecule has 0 spiro atoms. The average Bonchev–Trinajstić information content (AvgIpc) is 2.88. The van der Waals surface area contributed by atoms with Crippen molar-refractivity contribution in [2.24, 2.45) is 0 Å². The van der Waals surface area contributed by atoms with Gasteiger partial charge in [-0.25, -0.2) is 8.42 Å². The van der Waals surface area contributed by atoms with E-state index in [0.29, 0.717) is 24.6 Å². The highest BCUT2D eigenvalue weighted by Gasteiger charge is 2.08. The maximum atomic E-state index is 11.6. The van der Waals surface area contributed by atoms with Crippen LogP contribution in [-0.2, 0) is 14.6 Å². The number of nitrogens with zero attached hydrogens (tertiary/aromatic N) is 2. The number of anilines is 1. The largest absolute Gasteiger partial charge is 0.494 e. The number of hydrogen-bond acceptors (Lipinski definition) is 7. The Morgan fingerprint density at radius 1 is 1.30 bits per heavy atom. The van der Waals surface area contributed by atoms with Crippen LogP contribution in [0.1, 0.15) is 18.7 Å². The van der Waals surface area contributed by atoms with Crippen LogP contribution < -0.4 is 10.1 Å². The molecule has 1 aromatic carbocycles.